The maximum absolute atomic E-state index is 14.1. The van der Waals surface area contributed by atoms with Crippen LogP contribution in [0.1, 0.15) is 128 Å². The zero-order valence-electron chi connectivity index (χ0n) is 29.6. The van der Waals surface area contributed by atoms with Crippen molar-refractivity contribution < 1.29 is 28.6 Å². The van der Waals surface area contributed by atoms with Gasteiger partial charge in [-0.15, -0.1) is 0 Å². The molecular weight excluding hydrogens is 643 g/mol. The van der Waals surface area contributed by atoms with E-state index in [-0.39, 0.29) is 30.9 Å². The van der Waals surface area contributed by atoms with Gasteiger partial charge >= 0.3 is 11.9 Å². The third kappa shape index (κ3) is 13.4. The minimum atomic E-state index is -1.31. The molecule has 0 radical (unpaired) electrons. The third-order valence-electron chi connectivity index (χ3n) is 8.36. The number of hydrogen-bond donors (Lipinski definition) is 0. The number of esters is 2. The molecular formula is C39H53NO6S2. The van der Waals surface area contributed by atoms with Gasteiger partial charge in [0.25, 0.3) is 0 Å². The first-order valence-corrected chi connectivity index (χ1v) is 18.3. The van der Waals surface area contributed by atoms with E-state index in [1.54, 1.807) is 27.7 Å². The number of carbonyl (C=O) groups excluding carboxylic acids is 3. The Balaban J connectivity index is 2.28. The summed E-state index contributed by atoms with van der Waals surface area (Å²) in [6, 6.07) is 13.9. The molecule has 0 aromatic heterocycles. The molecule has 0 fully saturated rings. The monoisotopic (exact) mass is 695 g/mol. The summed E-state index contributed by atoms with van der Waals surface area (Å²) >= 11 is 7.01. The predicted octanol–water partition coefficient (Wildman–Crippen LogP) is 10.2. The summed E-state index contributed by atoms with van der Waals surface area (Å²) in [7, 11) is 1.42. The average Bonchev–Trinajstić information content (AvgIpc) is 3.07. The molecule has 262 valence electrons. The van der Waals surface area contributed by atoms with E-state index in [4.69, 9.17) is 33.0 Å². The SMILES string of the molecule is [C-]#[N+]C(C)(C)CC(C)(CC(C)(SC(=S)c1ccccc1)C(=O)OCCCCCCCCCCCC)C(=O)Oc1ccc(C=O)cc1OC. The van der Waals surface area contributed by atoms with Crippen LogP contribution in [0.25, 0.3) is 4.85 Å². The second-order valence-electron chi connectivity index (χ2n) is 13.6. The van der Waals surface area contributed by atoms with Gasteiger partial charge in [-0.3, -0.25) is 14.4 Å². The Labute approximate surface area is 297 Å². The van der Waals surface area contributed by atoms with Crippen LogP contribution >= 0.6 is 24.0 Å². The van der Waals surface area contributed by atoms with Crippen molar-refractivity contribution in [3.8, 4) is 11.5 Å². The molecule has 7 nitrogen and oxygen atoms in total. The summed E-state index contributed by atoms with van der Waals surface area (Å²) in [5.74, 6) is -0.735. The summed E-state index contributed by atoms with van der Waals surface area (Å²) < 4.78 is 16.4. The van der Waals surface area contributed by atoms with Crippen LogP contribution in [0.3, 0.4) is 0 Å². The van der Waals surface area contributed by atoms with Crippen molar-refractivity contribution in [2.24, 2.45) is 5.41 Å². The summed E-state index contributed by atoms with van der Waals surface area (Å²) in [5.41, 5.74) is -1.10. The molecule has 0 bridgehead atoms. The van der Waals surface area contributed by atoms with Crippen LogP contribution in [-0.4, -0.2) is 46.4 Å². The van der Waals surface area contributed by atoms with Crippen LogP contribution in [-0.2, 0) is 14.3 Å². The molecule has 9 heteroatoms. The second-order valence-corrected chi connectivity index (χ2v) is 15.7. The predicted molar refractivity (Wildman–Crippen MR) is 199 cm³/mol. The molecule has 2 rings (SSSR count). The van der Waals surface area contributed by atoms with Crippen LogP contribution in [0, 0.1) is 12.0 Å². The largest absolute Gasteiger partial charge is 0.493 e. The molecule has 2 unspecified atom stereocenters. The number of thioether (sulfide) groups is 1. The molecule has 0 aliphatic carbocycles. The van der Waals surface area contributed by atoms with Gasteiger partial charge in [0.1, 0.15) is 11.0 Å². The van der Waals surface area contributed by atoms with Gasteiger partial charge in [-0.2, -0.15) is 0 Å². The van der Waals surface area contributed by atoms with Crippen LogP contribution in [0.4, 0.5) is 0 Å². The molecule has 2 atom stereocenters. The number of rotatable bonds is 22. The lowest BCUT2D eigenvalue weighted by Crippen LogP contribution is -2.46. The van der Waals surface area contributed by atoms with E-state index in [0.29, 0.717) is 16.0 Å². The standard InChI is InChI=1S/C39H53NO6S2/c1-8-9-10-11-12-13-14-15-16-20-25-45-36(43)39(5,48-34(47)31-21-18-17-19-22-31)29-38(4,28-37(2,3)40-6)35(42)46-32-24-23-30(27-41)26-33(32)44-7/h17-19,21-24,26-27H,8-16,20,25,28-29H2,1-5,7H3. The first-order valence-electron chi connectivity index (χ1n) is 17.0. The smallest absolute Gasteiger partial charge is 0.322 e. The third-order valence-corrected chi connectivity index (χ3v) is 10.0. The highest BCUT2D eigenvalue weighted by atomic mass is 32.2. The number of carbonyl (C=O) groups is 3. The number of hydrogen-bond acceptors (Lipinski definition) is 8. The Morgan fingerprint density at radius 2 is 1.46 bits per heavy atom. The van der Waals surface area contributed by atoms with Crippen molar-refractivity contribution in [3.63, 3.8) is 0 Å². The molecule has 0 spiro atoms. The van der Waals surface area contributed by atoms with E-state index in [1.807, 2.05) is 30.3 Å². The lowest BCUT2D eigenvalue weighted by molar-refractivity contribution is -0.151. The highest BCUT2D eigenvalue weighted by molar-refractivity contribution is 8.25. The van der Waals surface area contributed by atoms with E-state index in [9.17, 15) is 14.4 Å². The minimum absolute atomic E-state index is 0.00102. The number of thiocarbonyl (C=S) groups is 1. The summed E-state index contributed by atoms with van der Waals surface area (Å²) in [4.78, 5) is 43.2. The molecule has 0 saturated carbocycles. The Bertz CT molecular complexity index is 1390. The summed E-state index contributed by atoms with van der Waals surface area (Å²) in [6.07, 6.45) is 12.5. The molecule has 2 aromatic carbocycles. The van der Waals surface area contributed by atoms with Gasteiger partial charge in [-0.1, -0.05) is 119 Å². The number of aldehydes is 1. The van der Waals surface area contributed by atoms with E-state index >= 15 is 0 Å². The maximum atomic E-state index is 14.1. The van der Waals surface area contributed by atoms with Crippen molar-refractivity contribution >= 4 is 46.4 Å². The molecule has 0 heterocycles. The Kier molecular flexibility index (Phi) is 17.3. The van der Waals surface area contributed by atoms with Crippen LogP contribution < -0.4 is 9.47 Å². The lowest BCUT2D eigenvalue weighted by Gasteiger charge is -2.37. The molecule has 0 aliphatic rings. The second kappa shape index (κ2) is 20.3. The number of methoxy groups -OCH3 is 1. The van der Waals surface area contributed by atoms with Crippen molar-refractivity contribution in [1.29, 1.82) is 0 Å². The van der Waals surface area contributed by atoms with Gasteiger partial charge in [-0.05, 0) is 50.5 Å². The van der Waals surface area contributed by atoms with Crippen molar-refractivity contribution in [1.82, 2.24) is 0 Å². The average molecular weight is 696 g/mol. The lowest BCUT2D eigenvalue weighted by atomic mass is 9.73. The zero-order valence-corrected chi connectivity index (χ0v) is 31.2. The number of benzene rings is 2. The Morgan fingerprint density at radius 3 is 2.02 bits per heavy atom. The fourth-order valence-corrected chi connectivity index (χ4v) is 7.79. The van der Waals surface area contributed by atoms with Gasteiger partial charge in [0, 0.05) is 25.8 Å². The van der Waals surface area contributed by atoms with Crippen LogP contribution in [0.5, 0.6) is 11.5 Å². The molecule has 0 saturated heterocycles. The minimum Gasteiger partial charge on any atom is -0.493 e. The number of ether oxygens (including phenoxy) is 3. The number of nitrogens with zero attached hydrogens (tertiary/aromatic N) is 1. The fourth-order valence-electron chi connectivity index (χ4n) is 5.91. The highest BCUT2D eigenvalue weighted by Crippen LogP contribution is 2.46. The van der Waals surface area contributed by atoms with Crippen LogP contribution in [0.2, 0.25) is 0 Å². The quantitative estimate of drug-likeness (QED) is 0.0301. The topological polar surface area (TPSA) is 83.3 Å². The van der Waals surface area contributed by atoms with E-state index in [2.05, 4.69) is 11.8 Å². The van der Waals surface area contributed by atoms with Gasteiger partial charge in [0.15, 0.2) is 11.5 Å². The summed E-state index contributed by atoms with van der Waals surface area (Å²) in [5, 5.41) is 0. The maximum Gasteiger partial charge on any atom is 0.322 e. The van der Waals surface area contributed by atoms with Gasteiger partial charge in [-0.25, -0.2) is 6.57 Å². The summed E-state index contributed by atoms with van der Waals surface area (Å²) in [6.45, 7) is 17.3. The number of unbranched alkanes of at least 4 members (excludes halogenated alkanes) is 9. The van der Waals surface area contributed by atoms with Gasteiger partial charge in [0.05, 0.1) is 23.3 Å². The van der Waals surface area contributed by atoms with Crippen molar-refractivity contribution in [2.75, 3.05) is 13.7 Å². The molecule has 0 amide bonds. The van der Waals surface area contributed by atoms with Crippen LogP contribution in [0.15, 0.2) is 48.5 Å². The van der Waals surface area contributed by atoms with E-state index in [0.717, 1.165) is 24.8 Å². The van der Waals surface area contributed by atoms with Gasteiger partial charge in [0.2, 0.25) is 5.54 Å². The van der Waals surface area contributed by atoms with Crippen molar-refractivity contribution in [3.05, 3.63) is 71.1 Å². The first-order chi connectivity index (χ1) is 22.8. The first kappa shape index (κ1) is 41.0. The van der Waals surface area contributed by atoms with Crippen molar-refractivity contribution in [2.45, 2.75) is 122 Å². The zero-order chi connectivity index (χ0) is 35.6. The molecule has 2 aromatic rings. The highest BCUT2D eigenvalue weighted by Gasteiger charge is 2.51. The Hall–Kier alpha value is -3.22. The Morgan fingerprint density at radius 1 is 0.854 bits per heavy atom. The van der Waals surface area contributed by atoms with E-state index in [1.165, 1.54) is 82.0 Å². The normalized spacial score (nSPS) is 13.8. The molecule has 0 N–H and O–H groups in total. The van der Waals surface area contributed by atoms with Gasteiger partial charge < -0.3 is 19.1 Å². The molecule has 48 heavy (non-hydrogen) atoms. The fraction of sp³-hybridized carbons (Fsp3) is 0.564. The molecule has 0 aliphatic heterocycles. The van der Waals surface area contributed by atoms with E-state index < -0.39 is 27.6 Å².